The number of aliphatic hydroxyl groups is 1. The molecule has 0 aromatic heterocycles. The third-order valence-electron chi connectivity index (χ3n) is 9.52. The highest BCUT2D eigenvalue weighted by molar-refractivity contribution is 5.69. The molecule has 0 amide bonds. The Hall–Kier alpha value is -2.17. The monoisotopic (exact) mass is 739 g/mol. The summed E-state index contributed by atoms with van der Waals surface area (Å²) in [7, 11) is 0. The first kappa shape index (κ1) is 50.8. The largest absolute Gasteiger partial charge is 0.457 e. The summed E-state index contributed by atoms with van der Waals surface area (Å²) in [6, 6.07) is 0. The fourth-order valence-electron chi connectivity index (χ4n) is 6.17. The molecular formula is C49H86O4. The van der Waals surface area contributed by atoms with E-state index in [0.717, 1.165) is 64.2 Å². The summed E-state index contributed by atoms with van der Waals surface area (Å²) in [6.07, 6.45) is 62.6. The van der Waals surface area contributed by atoms with Gasteiger partial charge in [-0.1, -0.05) is 189 Å². The number of rotatable bonds is 41. The maximum atomic E-state index is 12.2. The van der Waals surface area contributed by atoms with E-state index in [4.69, 9.17) is 9.47 Å². The molecule has 0 fully saturated rings. The second-order valence-corrected chi connectivity index (χ2v) is 14.7. The molecule has 4 nitrogen and oxygen atoms in total. The smallest absolute Gasteiger partial charge is 0.306 e. The Kier molecular flexibility index (Phi) is 44.1. The van der Waals surface area contributed by atoms with E-state index in [9.17, 15) is 9.90 Å². The number of hydrogen-bond donors (Lipinski definition) is 1. The highest BCUT2D eigenvalue weighted by atomic mass is 16.6. The summed E-state index contributed by atoms with van der Waals surface area (Å²) in [6.45, 7) is 5.14. The van der Waals surface area contributed by atoms with E-state index in [1.165, 1.54) is 122 Å². The molecule has 1 N–H and O–H groups in total. The number of esters is 1. The van der Waals surface area contributed by atoms with Crippen LogP contribution in [-0.2, 0) is 14.3 Å². The van der Waals surface area contributed by atoms with Gasteiger partial charge in [-0.15, -0.1) is 0 Å². The summed E-state index contributed by atoms with van der Waals surface area (Å²) < 4.78 is 11.1. The average Bonchev–Trinajstić information content (AvgIpc) is 3.16. The lowest BCUT2D eigenvalue weighted by atomic mass is 10.0. The van der Waals surface area contributed by atoms with Crippen LogP contribution in [0.1, 0.15) is 206 Å². The minimum absolute atomic E-state index is 0.192. The molecule has 0 saturated heterocycles. The number of carbonyl (C=O) groups is 1. The van der Waals surface area contributed by atoms with Gasteiger partial charge in [-0.05, 0) is 83.5 Å². The summed E-state index contributed by atoms with van der Waals surface area (Å²) in [5.41, 5.74) is 0. The molecule has 0 radical (unpaired) electrons. The molecule has 0 saturated carbocycles. The molecule has 0 bridgehead atoms. The Morgan fingerprint density at radius 3 is 1.30 bits per heavy atom. The lowest BCUT2D eigenvalue weighted by Gasteiger charge is -2.15. The number of allylic oxidation sites excluding steroid dienone is 12. The number of hydrogen-bond acceptors (Lipinski definition) is 4. The number of ether oxygens (including phenoxy) is 2. The van der Waals surface area contributed by atoms with E-state index in [1.54, 1.807) is 0 Å². The second kappa shape index (κ2) is 46.0. The van der Waals surface area contributed by atoms with Crippen LogP contribution in [0, 0.1) is 0 Å². The predicted octanol–water partition coefficient (Wildman–Crippen LogP) is 15.0. The van der Waals surface area contributed by atoms with Crippen molar-refractivity contribution in [1.82, 2.24) is 0 Å². The molecule has 0 heterocycles. The molecule has 0 aromatic carbocycles. The first-order valence-electron chi connectivity index (χ1n) is 22.5. The van der Waals surface area contributed by atoms with Gasteiger partial charge in [0.2, 0.25) is 0 Å². The van der Waals surface area contributed by atoms with Crippen LogP contribution in [0.5, 0.6) is 0 Å². The quantitative estimate of drug-likeness (QED) is 0.0385. The Balaban J connectivity index is 3.49. The minimum atomic E-state index is -0.561. The standard InChI is InChI=1S/C49H86O4/c1-3-5-7-9-11-13-15-17-19-21-23-24-25-26-27-28-30-32-34-36-38-40-42-44-49(51)53-48(46-50)47-52-45-43-41-39-37-35-33-31-29-22-20-18-16-14-12-10-8-6-4-2/h6,8,12,14,18,20-21,23,29,31,35,37,48,50H,3-5,7,9-11,13,15-17,19,22,24-28,30,32-34,36,38-47H2,1-2H3/b8-6-,14-12-,20-18-,23-21-,31-29-,37-35-. The molecule has 1 unspecified atom stereocenters. The average molecular weight is 739 g/mol. The highest BCUT2D eigenvalue weighted by Gasteiger charge is 2.13. The van der Waals surface area contributed by atoms with Crippen molar-refractivity contribution in [3.05, 3.63) is 72.9 Å². The lowest BCUT2D eigenvalue weighted by molar-refractivity contribution is -0.154. The van der Waals surface area contributed by atoms with Crippen LogP contribution in [0.4, 0.5) is 0 Å². The van der Waals surface area contributed by atoms with Crippen molar-refractivity contribution in [3.63, 3.8) is 0 Å². The number of aliphatic hydroxyl groups excluding tert-OH is 1. The van der Waals surface area contributed by atoms with Crippen molar-refractivity contribution in [2.24, 2.45) is 0 Å². The van der Waals surface area contributed by atoms with Crippen molar-refractivity contribution < 1.29 is 19.4 Å². The molecule has 0 aliphatic carbocycles. The van der Waals surface area contributed by atoms with Gasteiger partial charge in [0.15, 0.2) is 0 Å². The maximum absolute atomic E-state index is 12.2. The maximum Gasteiger partial charge on any atom is 0.306 e. The zero-order valence-corrected chi connectivity index (χ0v) is 35.0. The van der Waals surface area contributed by atoms with Crippen LogP contribution in [0.15, 0.2) is 72.9 Å². The van der Waals surface area contributed by atoms with Crippen molar-refractivity contribution in [2.75, 3.05) is 19.8 Å². The molecule has 0 aliphatic rings. The van der Waals surface area contributed by atoms with Gasteiger partial charge in [0.25, 0.3) is 0 Å². The molecule has 4 heteroatoms. The first-order valence-corrected chi connectivity index (χ1v) is 22.5. The van der Waals surface area contributed by atoms with Crippen LogP contribution in [0.25, 0.3) is 0 Å². The molecule has 0 aliphatic heterocycles. The summed E-state index contributed by atoms with van der Waals surface area (Å²) >= 11 is 0. The van der Waals surface area contributed by atoms with Crippen molar-refractivity contribution in [1.29, 1.82) is 0 Å². The third kappa shape index (κ3) is 44.1. The Morgan fingerprint density at radius 2 is 0.849 bits per heavy atom. The van der Waals surface area contributed by atoms with E-state index in [0.29, 0.717) is 13.0 Å². The number of carbonyl (C=O) groups excluding carboxylic acids is 1. The van der Waals surface area contributed by atoms with Crippen LogP contribution in [0.3, 0.4) is 0 Å². The Bertz CT molecular complexity index is 911. The zero-order chi connectivity index (χ0) is 38.4. The fourth-order valence-corrected chi connectivity index (χ4v) is 6.17. The molecule has 0 rings (SSSR count). The van der Waals surface area contributed by atoms with Gasteiger partial charge < -0.3 is 14.6 Å². The SMILES string of the molecule is CC/C=C\C/C=C\C/C=C\C/C=C\C/C=C\CCCCOCC(CO)OC(=O)CCCCCCCCCCCCC/C=C\CCCCCCCCCC. The Labute approximate surface area is 329 Å². The molecule has 0 spiro atoms. The van der Waals surface area contributed by atoms with Crippen molar-refractivity contribution in [2.45, 2.75) is 213 Å². The van der Waals surface area contributed by atoms with Gasteiger partial charge in [0.05, 0.1) is 13.2 Å². The fraction of sp³-hybridized carbons (Fsp3) is 0.735. The van der Waals surface area contributed by atoms with E-state index in [2.05, 4.69) is 86.8 Å². The topological polar surface area (TPSA) is 55.8 Å². The number of unbranched alkanes of at least 4 members (excludes halogenated alkanes) is 21. The van der Waals surface area contributed by atoms with Crippen LogP contribution in [0.2, 0.25) is 0 Å². The third-order valence-corrected chi connectivity index (χ3v) is 9.52. The van der Waals surface area contributed by atoms with E-state index < -0.39 is 6.10 Å². The van der Waals surface area contributed by atoms with Gasteiger partial charge >= 0.3 is 5.97 Å². The van der Waals surface area contributed by atoms with Crippen LogP contribution in [-0.4, -0.2) is 37.0 Å². The van der Waals surface area contributed by atoms with Crippen molar-refractivity contribution in [3.8, 4) is 0 Å². The van der Waals surface area contributed by atoms with E-state index in [-0.39, 0.29) is 19.2 Å². The van der Waals surface area contributed by atoms with Gasteiger partial charge in [0.1, 0.15) is 6.10 Å². The van der Waals surface area contributed by atoms with Crippen LogP contribution < -0.4 is 0 Å². The van der Waals surface area contributed by atoms with Gasteiger partial charge in [-0.2, -0.15) is 0 Å². The molecule has 53 heavy (non-hydrogen) atoms. The van der Waals surface area contributed by atoms with E-state index >= 15 is 0 Å². The predicted molar refractivity (Wildman–Crippen MR) is 232 cm³/mol. The lowest BCUT2D eigenvalue weighted by Crippen LogP contribution is -2.27. The molecule has 0 aromatic rings. The van der Waals surface area contributed by atoms with Gasteiger partial charge in [-0.3, -0.25) is 4.79 Å². The van der Waals surface area contributed by atoms with Gasteiger partial charge in [0, 0.05) is 13.0 Å². The van der Waals surface area contributed by atoms with E-state index in [1.807, 2.05) is 0 Å². The summed E-state index contributed by atoms with van der Waals surface area (Å²) in [5, 5.41) is 9.61. The zero-order valence-electron chi connectivity index (χ0n) is 35.0. The van der Waals surface area contributed by atoms with Crippen molar-refractivity contribution >= 4 is 5.97 Å². The second-order valence-electron chi connectivity index (χ2n) is 14.7. The highest BCUT2D eigenvalue weighted by Crippen LogP contribution is 2.14. The van der Waals surface area contributed by atoms with Crippen LogP contribution >= 0.6 is 0 Å². The molecular weight excluding hydrogens is 653 g/mol. The minimum Gasteiger partial charge on any atom is -0.457 e. The first-order chi connectivity index (χ1) is 26.2. The summed E-state index contributed by atoms with van der Waals surface area (Å²) in [5.74, 6) is -0.218. The van der Waals surface area contributed by atoms with Gasteiger partial charge in [-0.25, -0.2) is 0 Å². The molecule has 306 valence electrons. The summed E-state index contributed by atoms with van der Waals surface area (Å²) in [4.78, 5) is 12.2. The normalized spacial score (nSPS) is 13.0. The molecule has 1 atom stereocenters. The Morgan fingerprint density at radius 1 is 0.472 bits per heavy atom.